The van der Waals surface area contributed by atoms with Gasteiger partial charge in [-0.05, 0) is 30.2 Å². The molecule has 0 aliphatic carbocycles. The Balaban J connectivity index is 1.65. The monoisotopic (exact) mass is 377 g/mol. The number of thioether (sulfide) groups is 1. The number of likely N-dealkylation sites (tertiary alicyclic amines) is 1. The third-order valence-electron chi connectivity index (χ3n) is 5.33. The van der Waals surface area contributed by atoms with Crippen LogP contribution in [0.4, 0.5) is 5.69 Å². The lowest BCUT2D eigenvalue weighted by Crippen LogP contribution is -2.40. The molecule has 5 nitrogen and oxygen atoms in total. The number of benzene rings is 1. The van der Waals surface area contributed by atoms with Crippen LogP contribution in [0.25, 0.3) is 0 Å². The third-order valence-corrected chi connectivity index (χ3v) is 6.56. The summed E-state index contributed by atoms with van der Waals surface area (Å²) in [6.45, 7) is 4.40. The van der Waals surface area contributed by atoms with Gasteiger partial charge in [-0.2, -0.15) is 0 Å². The van der Waals surface area contributed by atoms with Crippen LogP contribution in [0.5, 0.6) is 0 Å². The number of halogens is 1. The van der Waals surface area contributed by atoms with Crippen LogP contribution < -0.4 is 4.90 Å². The van der Waals surface area contributed by atoms with E-state index in [1.54, 1.807) is 18.7 Å². The summed E-state index contributed by atoms with van der Waals surface area (Å²) in [7, 11) is 0. The van der Waals surface area contributed by atoms with Gasteiger partial charge in [0, 0.05) is 55.0 Å². The van der Waals surface area contributed by atoms with Crippen LogP contribution in [-0.4, -0.2) is 53.7 Å². The quantitative estimate of drug-likeness (QED) is 0.796. The zero-order valence-electron chi connectivity index (χ0n) is 14.1. The first-order valence-corrected chi connectivity index (χ1v) is 9.87. The molecule has 132 valence electrons. The Bertz CT molecular complexity index is 782. The summed E-state index contributed by atoms with van der Waals surface area (Å²) < 4.78 is 0. The number of hydrogen-bond acceptors (Lipinski definition) is 4. The second-order valence-electron chi connectivity index (χ2n) is 6.91. The Morgan fingerprint density at radius 2 is 2.20 bits per heavy atom. The second kappa shape index (κ2) is 6.32. The molecule has 4 rings (SSSR count). The van der Waals surface area contributed by atoms with Gasteiger partial charge in [0.2, 0.25) is 11.8 Å². The fourth-order valence-corrected chi connectivity index (χ4v) is 5.06. The molecular weight excluding hydrogens is 358 g/mol. The second-order valence-corrected chi connectivity index (χ2v) is 8.52. The molecule has 7 heteroatoms. The van der Waals surface area contributed by atoms with Gasteiger partial charge in [-0.15, -0.1) is 11.8 Å². The van der Waals surface area contributed by atoms with Gasteiger partial charge >= 0.3 is 0 Å². The molecule has 3 heterocycles. The molecule has 0 radical (unpaired) electrons. The average molecular weight is 378 g/mol. The zero-order chi connectivity index (χ0) is 17.6. The van der Waals surface area contributed by atoms with Crippen molar-refractivity contribution in [3.63, 3.8) is 0 Å². The van der Waals surface area contributed by atoms with Gasteiger partial charge in [-0.25, -0.2) is 0 Å². The number of carbonyl (C=O) groups is 2. The molecule has 1 aromatic carbocycles. The Morgan fingerprint density at radius 1 is 1.36 bits per heavy atom. The third kappa shape index (κ3) is 2.95. The van der Waals surface area contributed by atoms with Crippen molar-refractivity contribution >= 4 is 45.9 Å². The van der Waals surface area contributed by atoms with E-state index in [2.05, 4.69) is 4.99 Å². The lowest BCUT2D eigenvalue weighted by atomic mass is 9.81. The molecule has 1 fully saturated rings. The lowest BCUT2D eigenvalue weighted by molar-refractivity contribution is -0.127. The summed E-state index contributed by atoms with van der Waals surface area (Å²) in [5, 5.41) is 1.60. The van der Waals surface area contributed by atoms with E-state index < -0.39 is 0 Å². The van der Waals surface area contributed by atoms with E-state index in [-0.39, 0.29) is 17.2 Å². The molecular formula is C18H20ClN3O2S. The average Bonchev–Trinajstić information content (AvgIpc) is 3.28. The van der Waals surface area contributed by atoms with Crippen molar-refractivity contribution in [3.8, 4) is 0 Å². The summed E-state index contributed by atoms with van der Waals surface area (Å²) >= 11 is 7.91. The summed E-state index contributed by atoms with van der Waals surface area (Å²) in [4.78, 5) is 32.9. The molecule has 0 N–H and O–H groups in total. The van der Waals surface area contributed by atoms with Crippen molar-refractivity contribution in [2.24, 2.45) is 4.99 Å². The lowest BCUT2D eigenvalue weighted by Gasteiger charge is -2.25. The predicted molar refractivity (Wildman–Crippen MR) is 102 cm³/mol. The number of amides is 2. The zero-order valence-corrected chi connectivity index (χ0v) is 15.7. The molecule has 1 unspecified atom stereocenters. The van der Waals surface area contributed by atoms with Crippen LogP contribution in [-0.2, 0) is 15.0 Å². The maximum absolute atomic E-state index is 12.9. The van der Waals surface area contributed by atoms with Crippen LogP contribution >= 0.6 is 23.4 Å². The van der Waals surface area contributed by atoms with Gasteiger partial charge in [0.05, 0.1) is 11.5 Å². The molecule has 1 atom stereocenters. The number of fused-ring (bicyclic) bond motifs is 2. The number of hydrogen-bond donors (Lipinski definition) is 0. The molecule has 3 aliphatic rings. The minimum atomic E-state index is -0.202. The number of carbonyl (C=O) groups excluding carboxylic acids is 2. The van der Waals surface area contributed by atoms with E-state index in [9.17, 15) is 9.59 Å². The molecule has 1 saturated heterocycles. The van der Waals surface area contributed by atoms with Gasteiger partial charge < -0.3 is 9.80 Å². The van der Waals surface area contributed by atoms with Gasteiger partial charge in [-0.3, -0.25) is 14.6 Å². The molecule has 0 aromatic heterocycles. The number of rotatable bonds is 2. The van der Waals surface area contributed by atoms with Gasteiger partial charge in [0.1, 0.15) is 0 Å². The van der Waals surface area contributed by atoms with Crippen LogP contribution in [0.1, 0.15) is 25.3 Å². The summed E-state index contributed by atoms with van der Waals surface area (Å²) in [5.74, 6) is 1.13. The van der Waals surface area contributed by atoms with Crippen molar-refractivity contribution in [3.05, 3.63) is 28.8 Å². The Morgan fingerprint density at radius 3 is 2.88 bits per heavy atom. The summed E-state index contributed by atoms with van der Waals surface area (Å²) in [6.07, 6.45) is 1.22. The van der Waals surface area contributed by atoms with Crippen LogP contribution in [0, 0.1) is 0 Å². The predicted octanol–water partition coefficient (Wildman–Crippen LogP) is 2.71. The van der Waals surface area contributed by atoms with Crippen molar-refractivity contribution < 1.29 is 9.59 Å². The normalized spacial score (nSPS) is 24.8. The number of anilines is 1. The van der Waals surface area contributed by atoms with E-state index in [4.69, 9.17) is 11.6 Å². The van der Waals surface area contributed by atoms with Crippen LogP contribution in [0.3, 0.4) is 0 Å². The fourth-order valence-electron chi connectivity index (χ4n) is 4.07. The Kier molecular flexibility index (Phi) is 4.28. The van der Waals surface area contributed by atoms with Crippen molar-refractivity contribution in [2.45, 2.75) is 25.2 Å². The van der Waals surface area contributed by atoms with Gasteiger partial charge in [-0.1, -0.05) is 11.6 Å². The van der Waals surface area contributed by atoms with Crippen molar-refractivity contribution in [1.29, 1.82) is 0 Å². The molecule has 25 heavy (non-hydrogen) atoms. The largest absolute Gasteiger partial charge is 0.342 e. The minimum absolute atomic E-state index is 0.0786. The molecule has 1 spiro atoms. The highest BCUT2D eigenvalue weighted by molar-refractivity contribution is 8.14. The van der Waals surface area contributed by atoms with E-state index >= 15 is 0 Å². The molecule has 2 amide bonds. The number of aliphatic imine (C=N–C) groups is 1. The molecule has 0 saturated carbocycles. The minimum Gasteiger partial charge on any atom is -0.342 e. The standard InChI is InChI=1S/C18H20ClN3O2S/c1-12(23)21-6-4-18(10-21)11-22(15-3-2-13(19)8-14(15)18)17(24)9-16-20-5-7-25-16/h2-3,8H,4-7,9-11H2,1H3. The van der Waals surface area contributed by atoms with E-state index in [0.29, 0.717) is 24.5 Å². The highest BCUT2D eigenvalue weighted by Crippen LogP contribution is 2.47. The maximum atomic E-state index is 12.9. The smallest absolute Gasteiger partial charge is 0.233 e. The molecule has 3 aliphatic heterocycles. The summed E-state index contributed by atoms with van der Waals surface area (Å²) in [6, 6.07) is 5.74. The van der Waals surface area contributed by atoms with Crippen molar-refractivity contribution in [2.75, 3.05) is 36.8 Å². The van der Waals surface area contributed by atoms with Crippen molar-refractivity contribution in [1.82, 2.24) is 4.90 Å². The number of nitrogens with zero attached hydrogens (tertiary/aromatic N) is 3. The topological polar surface area (TPSA) is 53.0 Å². The first-order chi connectivity index (χ1) is 12.0. The highest BCUT2D eigenvalue weighted by Gasteiger charge is 2.49. The van der Waals surface area contributed by atoms with Crippen LogP contribution in [0.15, 0.2) is 23.2 Å². The fraction of sp³-hybridized carbons (Fsp3) is 0.500. The van der Waals surface area contributed by atoms with E-state index in [1.165, 1.54) is 0 Å². The van der Waals surface area contributed by atoms with E-state index in [0.717, 1.165) is 41.6 Å². The molecule has 0 bridgehead atoms. The first kappa shape index (κ1) is 16.9. The van der Waals surface area contributed by atoms with Gasteiger partial charge in [0.15, 0.2) is 0 Å². The van der Waals surface area contributed by atoms with E-state index in [1.807, 2.05) is 28.0 Å². The first-order valence-electron chi connectivity index (χ1n) is 8.51. The maximum Gasteiger partial charge on any atom is 0.233 e. The van der Waals surface area contributed by atoms with Gasteiger partial charge in [0.25, 0.3) is 0 Å². The molecule has 1 aromatic rings. The Hall–Kier alpha value is -1.53. The Labute approximate surface area is 156 Å². The SMILES string of the molecule is CC(=O)N1CCC2(C1)CN(C(=O)CC1=NCCS1)c1ccc(Cl)cc12. The van der Waals surface area contributed by atoms with Crippen LogP contribution in [0.2, 0.25) is 5.02 Å². The summed E-state index contributed by atoms with van der Waals surface area (Å²) in [5.41, 5.74) is 1.83. The highest BCUT2D eigenvalue weighted by atomic mass is 35.5.